The first kappa shape index (κ1) is 15.2. The third-order valence-corrected chi connectivity index (χ3v) is 2.48. The van der Waals surface area contributed by atoms with Gasteiger partial charge >= 0.3 is 11.8 Å². The molecule has 0 radical (unpaired) electrons. The molecule has 2 amide bonds. The van der Waals surface area contributed by atoms with E-state index < -0.39 is 23.5 Å². The van der Waals surface area contributed by atoms with Gasteiger partial charge in [-0.25, -0.2) is 0 Å². The Bertz CT molecular complexity index is 460. The summed E-state index contributed by atoms with van der Waals surface area (Å²) in [6.45, 7) is 5.36. The fourth-order valence-corrected chi connectivity index (χ4v) is 1.59. The average Bonchev–Trinajstić information content (AvgIpc) is 2.69. The third-order valence-electron chi connectivity index (χ3n) is 2.48. The van der Waals surface area contributed by atoms with Crippen molar-refractivity contribution in [3.05, 3.63) is 24.0 Å². The number of rotatable bonds is 3. The minimum absolute atomic E-state index is 0.00570. The Balaban J connectivity index is 2.47. The third kappa shape index (κ3) is 4.75. The van der Waals surface area contributed by atoms with Crippen LogP contribution in [0.3, 0.4) is 0 Å². The van der Waals surface area contributed by atoms with Crippen molar-refractivity contribution in [2.45, 2.75) is 32.4 Å². The Hall–Kier alpha value is -1.82. The highest BCUT2D eigenvalue weighted by Crippen LogP contribution is 2.11. The summed E-state index contributed by atoms with van der Waals surface area (Å²) in [5.74, 6) is -1.45. The largest absolute Gasteiger partial charge is 0.385 e. The molecule has 0 spiro atoms. The highest BCUT2D eigenvalue weighted by molar-refractivity contribution is 6.35. The number of carbonyl (C=O) groups excluding carboxylic acids is 2. The number of hydrogen-bond donors (Lipinski definition) is 3. The lowest BCUT2D eigenvalue weighted by atomic mass is 10.1. The van der Waals surface area contributed by atoms with Gasteiger partial charge in [0.25, 0.3) is 0 Å². The maximum atomic E-state index is 11.5. The van der Waals surface area contributed by atoms with E-state index in [2.05, 4.69) is 10.6 Å². The normalized spacial score (nSPS) is 12.9. The molecule has 3 N–H and O–H groups in total. The molecule has 1 atom stereocenters. The molecular weight excluding hydrogens is 246 g/mol. The number of nitrogens with one attached hydrogen (secondary N) is 2. The predicted molar refractivity (Wildman–Crippen MR) is 71.3 cm³/mol. The molecule has 0 aliphatic heterocycles. The number of aryl methyl sites for hydroxylation is 1. The fraction of sp³-hybridized carbons (Fsp3) is 0.538. The number of carbonyl (C=O) groups is 2. The van der Waals surface area contributed by atoms with Gasteiger partial charge in [-0.05, 0) is 32.9 Å². The smallest absolute Gasteiger partial charge is 0.309 e. The fourth-order valence-electron chi connectivity index (χ4n) is 1.59. The van der Waals surface area contributed by atoms with Gasteiger partial charge in [-0.15, -0.1) is 0 Å². The van der Waals surface area contributed by atoms with E-state index in [0.717, 1.165) is 0 Å². The topological polar surface area (TPSA) is 83.4 Å². The van der Waals surface area contributed by atoms with E-state index in [1.165, 1.54) is 0 Å². The maximum Gasteiger partial charge on any atom is 0.309 e. The van der Waals surface area contributed by atoms with Gasteiger partial charge in [0, 0.05) is 31.0 Å². The van der Waals surface area contributed by atoms with E-state index in [1.54, 1.807) is 50.7 Å². The van der Waals surface area contributed by atoms with Crippen molar-refractivity contribution in [2.75, 3.05) is 6.54 Å². The quantitative estimate of drug-likeness (QED) is 0.679. The van der Waals surface area contributed by atoms with Crippen LogP contribution in [-0.4, -0.2) is 33.6 Å². The summed E-state index contributed by atoms with van der Waals surface area (Å²) in [6.07, 6.45) is 0.957. The Morgan fingerprint density at radius 2 is 2.00 bits per heavy atom. The van der Waals surface area contributed by atoms with Gasteiger partial charge in [0.1, 0.15) is 6.10 Å². The molecule has 0 saturated heterocycles. The van der Waals surface area contributed by atoms with Crippen molar-refractivity contribution in [3.63, 3.8) is 0 Å². The summed E-state index contributed by atoms with van der Waals surface area (Å²) in [4.78, 5) is 23.1. The number of amides is 2. The first-order chi connectivity index (χ1) is 8.70. The molecular formula is C13H21N3O3. The zero-order valence-corrected chi connectivity index (χ0v) is 11.7. The van der Waals surface area contributed by atoms with Crippen molar-refractivity contribution in [1.29, 1.82) is 0 Å². The Labute approximate surface area is 112 Å². The van der Waals surface area contributed by atoms with Crippen LogP contribution in [-0.2, 0) is 16.6 Å². The molecule has 0 aromatic carbocycles. The van der Waals surface area contributed by atoms with Crippen LogP contribution in [0.5, 0.6) is 0 Å². The van der Waals surface area contributed by atoms with Crippen molar-refractivity contribution in [2.24, 2.45) is 7.05 Å². The molecule has 106 valence electrons. The highest BCUT2D eigenvalue weighted by atomic mass is 16.3. The van der Waals surface area contributed by atoms with Crippen molar-refractivity contribution < 1.29 is 14.7 Å². The van der Waals surface area contributed by atoms with E-state index in [1.807, 2.05) is 0 Å². The van der Waals surface area contributed by atoms with Crippen LogP contribution in [0, 0.1) is 0 Å². The van der Waals surface area contributed by atoms with Gasteiger partial charge < -0.3 is 20.3 Å². The lowest BCUT2D eigenvalue weighted by Crippen LogP contribution is -2.48. The van der Waals surface area contributed by atoms with Crippen LogP contribution >= 0.6 is 0 Å². The molecule has 1 aromatic rings. The standard InChI is InChI=1S/C13H21N3O3/c1-13(2,3)15-12(19)11(18)14-8-10(17)9-6-5-7-16(9)4/h5-7,10,17H,8H2,1-4H3,(H,14,18)(H,15,19). The number of hydrogen-bond acceptors (Lipinski definition) is 3. The van der Waals surface area contributed by atoms with Crippen LogP contribution in [0.25, 0.3) is 0 Å². The molecule has 6 nitrogen and oxygen atoms in total. The van der Waals surface area contributed by atoms with Gasteiger partial charge in [0.05, 0.1) is 0 Å². The second-order valence-corrected chi connectivity index (χ2v) is 5.47. The molecule has 1 unspecified atom stereocenters. The van der Waals surface area contributed by atoms with Crippen LogP contribution in [0.15, 0.2) is 18.3 Å². The van der Waals surface area contributed by atoms with Crippen LogP contribution < -0.4 is 10.6 Å². The lowest BCUT2D eigenvalue weighted by molar-refractivity contribution is -0.140. The van der Waals surface area contributed by atoms with Crippen molar-refractivity contribution in [1.82, 2.24) is 15.2 Å². The number of nitrogens with zero attached hydrogens (tertiary/aromatic N) is 1. The highest BCUT2D eigenvalue weighted by Gasteiger charge is 2.21. The molecule has 0 saturated carbocycles. The van der Waals surface area contributed by atoms with Crippen molar-refractivity contribution in [3.8, 4) is 0 Å². The molecule has 0 aliphatic rings. The number of aliphatic hydroxyl groups excluding tert-OH is 1. The van der Waals surface area contributed by atoms with E-state index in [9.17, 15) is 14.7 Å². The molecule has 0 fully saturated rings. The van der Waals surface area contributed by atoms with Gasteiger partial charge in [-0.3, -0.25) is 9.59 Å². The zero-order chi connectivity index (χ0) is 14.6. The van der Waals surface area contributed by atoms with Crippen molar-refractivity contribution >= 4 is 11.8 Å². The molecule has 1 rings (SSSR count). The van der Waals surface area contributed by atoms with E-state index in [4.69, 9.17) is 0 Å². The Morgan fingerprint density at radius 1 is 1.37 bits per heavy atom. The lowest BCUT2D eigenvalue weighted by Gasteiger charge is -2.20. The summed E-state index contributed by atoms with van der Waals surface area (Å²) in [5, 5.41) is 14.8. The van der Waals surface area contributed by atoms with E-state index in [-0.39, 0.29) is 6.54 Å². The molecule has 6 heteroatoms. The Kier molecular flexibility index (Phi) is 4.72. The van der Waals surface area contributed by atoms with Gasteiger partial charge in [0.2, 0.25) is 0 Å². The summed E-state index contributed by atoms with van der Waals surface area (Å²) in [5.41, 5.74) is 0.210. The van der Waals surface area contributed by atoms with Crippen LogP contribution in [0.1, 0.15) is 32.6 Å². The van der Waals surface area contributed by atoms with E-state index in [0.29, 0.717) is 5.69 Å². The molecule has 19 heavy (non-hydrogen) atoms. The maximum absolute atomic E-state index is 11.5. The predicted octanol–water partition coefficient (Wildman–Crippen LogP) is 0.0894. The first-order valence-corrected chi connectivity index (χ1v) is 6.10. The minimum Gasteiger partial charge on any atom is -0.385 e. The number of aromatic nitrogens is 1. The summed E-state index contributed by atoms with van der Waals surface area (Å²) < 4.78 is 1.76. The first-order valence-electron chi connectivity index (χ1n) is 6.10. The van der Waals surface area contributed by atoms with E-state index >= 15 is 0 Å². The summed E-state index contributed by atoms with van der Waals surface area (Å²) in [6, 6.07) is 3.55. The molecule has 0 aliphatic carbocycles. The summed E-state index contributed by atoms with van der Waals surface area (Å²) in [7, 11) is 1.80. The average molecular weight is 267 g/mol. The monoisotopic (exact) mass is 267 g/mol. The zero-order valence-electron chi connectivity index (χ0n) is 11.7. The molecule has 1 aromatic heterocycles. The van der Waals surface area contributed by atoms with Gasteiger partial charge in [-0.2, -0.15) is 0 Å². The van der Waals surface area contributed by atoms with Crippen LogP contribution in [0.4, 0.5) is 0 Å². The van der Waals surface area contributed by atoms with Crippen LogP contribution in [0.2, 0.25) is 0 Å². The Morgan fingerprint density at radius 3 is 2.47 bits per heavy atom. The summed E-state index contributed by atoms with van der Waals surface area (Å²) >= 11 is 0. The number of aliphatic hydroxyl groups is 1. The van der Waals surface area contributed by atoms with Gasteiger partial charge in [-0.1, -0.05) is 0 Å². The molecule has 1 heterocycles. The van der Waals surface area contributed by atoms with Gasteiger partial charge in [0.15, 0.2) is 0 Å². The molecule has 0 bridgehead atoms. The minimum atomic E-state index is -0.841. The SMILES string of the molecule is Cn1cccc1C(O)CNC(=O)C(=O)NC(C)(C)C. The second kappa shape index (κ2) is 5.88. The second-order valence-electron chi connectivity index (χ2n) is 5.47.